The van der Waals surface area contributed by atoms with E-state index in [2.05, 4.69) is 16.7 Å². The molecule has 0 aromatic carbocycles. The van der Waals surface area contributed by atoms with Crippen LogP contribution < -0.4 is 10.6 Å². The van der Waals surface area contributed by atoms with Gasteiger partial charge < -0.3 is 10.6 Å². The molecule has 0 spiro atoms. The summed E-state index contributed by atoms with van der Waals surface area (Å²) in [7, 11) is 0. The van der Waals surface area contributed by atoms with E-state index >= 15 is 0 Å². The number of nitrogens with one attached hydrogen (secondary N) is 2. The quantitative estimate of drug-likeness (QED) is 0.825. The molecule has 6 heteroatoms. The van der Waals surface area contributed by atoms with Gasteiger partial charge in [0.15, 0.2) is 5.11 Å². The van der Waals surface area contributed by atoms with Crippen LogP contribution in [0.1, 0.15) is 42.7 Å². The number of thiophene rings is 1. The summed E-state index contributed by atoms with van der Waals surface area (Å²) in [6.07, 6.45) is 4.29. The number of carbonyl (C=O) groups excluding carboxylic acids is 1. The molecule has 1 aromatic heterocycles. The zero-order chi connectivity index (χ0) is 14.7. The predicted octanol–water partition coefficient (Wildman–Crippen LogP) is 2.97. The SMILES string of the molecule is CC(C)C(=O)NC(=S)Nc1sc2c(c1C#N)CCCC2. The number of rotatable bonds is 2. The summed E-state index contributed by atoms with van der Waals surface area (Å²) in [6.45, 7) is 3.62. The predicted molar refractivity (Wildman–Crippen MR) is 84.9 cm³/mol. The molecule has 0 saturated heterocycles. The highest BCUT2D eigenvalue weighted by atomic mass is 32.1. The van der Waals surface area contributed by atoms with Crippen LogP contribution in [0.5, 0.6) is 0 Å². The summed E-state index contributed by atoms with van der Waals surface area (Å²) in [5.74, 6) is -0.246. The number of amides is 1. The Kier molecular flexibility index (Phi) is 4.73. The molecule has 1 amide bonds. The van der Waals surface area contributed by atoms with Crippen LogP contribution in [0.25, 0.3) is 0 Å². The minimum absolute atomic E-state index is 0.123. The third kappa shape index (κ3) is 3.17. The molecule has 1 aliphatic rings. The van der Waals surface area contributed by atoms with Gasteiger partial charge in [-0.1, -0.05) is 13.8 Å². The maximum atomic E-state index is 11.6. The summed E-state index contributed by atoms with van der Waals surface area (Å²) in [5, 5.41) is 16.0. The smallest absolute Gasteiger partial charge is 0.228 e. The van der Waals surface area contributed by atoms with Crippen LogP contribution in [0.3, 0.4) is 0 Å². The molecular weight excluding hydrogens is 290 g/mol. The molecule has 0 fully saturated rings. The first-order chi connectivity index (χ1) is 9.52. The zero-order valence-electron chi connectivity index (χ0n) is 11.6. The Balaban J connectivity index is 2.14. The number of nitrogens with zero attached hydrogens (tertiary/aromatic N) is 1. The fourth-order valence-corrected chi connectivity index (χ4v) is 3.67. The van der Waals surface area contributed by atoms with E-state index < -0.39 is 0 Å². The van der Waals surface area contributed by atoms with Crippen LogP contribution in [0.4, 0.5) is 5.00 Å². The summed E-state index contributed by atoms with van der Waals surface area (Å²) in [4.78, 5) is 12.9. The second-order valence-corrected chi connectivity index (χ2v) is 6.64. The number of hydrogen-bond donors (Lipinski definition) is 2. The molecule has 0 unspecified atom stereocenters. The fraction of sp³-hybridized carbons (Fsp3) is 0.500. The van der Waals surface area contributed by atoms with Gasteiger partial charge in [0.05, 0.1) is 5.56 Å². The Bertz CT molecular complexity index is 584. The first-order valence-corrected chi connectivity index (χ1v) is 7.92. The van der Waals surface area contributed by atoms with Gasteiger partial charge in [-0.05, 0) is 43.5 Å². The number of carbonyl (C=O) groups is 1. The third-order valence-electron chi connectivity index (χ3n) is 3.27. The lowest BCUT2D eigenvalue weighted by Crippen LogP contribution is -2.36. The Morgan fingerprint density at radius 3 is 2.75 bits per heavy atom. The maximum absolute atomic E-state index is 11.6. The topological polar surface area (TPSA) is 64.9 Å². The molecule has 0 saturated carbocycles. The molecular formula is C14H17N3OS2. The van der Waals surface area contributed by atoms with Crippen LogP contribution in [0.2, 0.25) is 0 Å². The lowest BCUT2D eigenvalue weighted by Gasteiger charge is -2.10. The number of thiocarbonyl (C=S) groups is 1. The van der Waals surface area contributed by atoms with Crippen LogP contribution in [-0.4, -0.2) is 11.0 Å². The molecule has 4 nitrogen and oxygen atoms in total. The summed E-state index contributed by atoms with van der Waals surface area (Å²) in [5.41, 5.74) is 1.84. The number of anilines is 1. The van der Waals surface area contributed by atoms with Crippen molar-refractivity contribution in [2.24, 2.45) is 5.92 Å². The van der Waals surface area contributed by atoms with E-state index in [4.69, 9.17) is 12.2 Å². The molecule has 1 aliphatic carbocycles. The van der Waals surface area contributed by atoms with E-state index in [0.717, 1.165) is 29.8 Å². The van der Waals surface area contributed by atoms with Crippen LogP contribution in [0, 0.1) is 17.2 Å². The largest absolute Gasteiger partial charge is 0.323 e. The van der Waals surface area contributed by atoms with Crippen molar-refractivity contribution < 1.29 is 4.79 Å². The average Bonchev–Trinajstić information content (AvgIpc) is 2.75. The molecule has 20 heavy (non-hydrogen) atoms. The van der Waals surface area contributed by atoms with Crippen molar-refractivity contribution in [3.8, 4) is 6.07 Å². The van der Waals surface area contributed by atoms with Gasteiger partial charge in [0, 0.05) is 10.8 Å². The van der Waals surface area contributed by atoms with E-state index in [-0.39, 0.29) is 16.9 Å². The molecule has 0 atom stereocenters. The lowest BCUT2D eigenvalue weighted by molar-refractivity contribution is -0.122. The van der Waals surface area contributed by atoms with Crippen molar-refractivity contribution in [2.45, 2.75) is 39.5 Å². The molecule has 0 aliphatic heterocycles. The van der Waals surface area contributed by atoms with E-state index in [9.17, 15) is 10.1 Å². The highest BCUT2D eigenvalue weighted by Crippen LogP contribution is 2.37. The monoisotopic (exact) mass is 307 g/mol. The van der Waals surface area contributed by atoms with E-state index in [0.29, 0.717) is 5.56 Å². The van der Waals surface area contributed by atoms with Crippen molar-refractivity contribution in [3.05, 3.63) is 16.0 Å². The summed E-state index contributed by atoms with van der Waals surface area (Å²) in [6, 6.07) is 2.26. The van der Waals surface area contributed by atoms with E-state index in [1.54, 1.807) is 11.3 Å². The van der Waals surface area contributed by atoms with Gasteiger partial charge >= 0.3 is 0 Å². The van der Waals surface area contributed by atoms with Crippen molar-refractivity contribution in [1.82, 2.24) is 5.32 Å². The minimum Gasteiger partial charge on any atom is -0.323 e. The molecule has 0 bridgehead atoms. The van der Waals surface area contributed by atoms with Crippen molar-refractivity contribution in [3.63, 3.8) is 0 Å². The molecule has 1 heterocycles. The van der Waals surface area contributed by atoms with Gasteiger partial charge in [0.2, 0.25) is 5.91 Å². The maximum Gasteiger partial charge on any atom is 0.228 e. The molecule has 2 N–H and O–H groups in total. The van der Waals surface area contributed by atoms with Gasteiger partial charge in [-0.2, -0.15) is 5.26 Å². The normalized spacial score (nSPS) is 13.5. The van der Waals surface area contributed by atoms with E-state index in [1.165, 1.54) is 11.3 Å². The first kappa shape index (κ1) is 14.9. The standard InChI is InChI=1S/C14H17N3OS2/c1-8(2)12(18)16-14(19)17-13-10(7-15)9-5-3-4-6-11(9)20-13/h8H,3-6H2,1-2H3,(H2,16,17,18,19). The van der Waals surface area contributed by atoms with Gasteiger partial charge in [-0.15, -0.1) is 11.3 Å². The van der Waals surface area contributed by atoms with Crippen molar-refractivity contribution in [1.29, 1.82) is 5.26 Å². The van der Waals surface area contributed by atoms with Crippen molar-refractivity contribution >= 4 is 39.6 Å². The minimum atomic E-state index is -0.123. The molecule has 0 radical (unpaired) electrons. The Labute approximate surface area is 128 Å². The van der Waals surface area contributed by atoms with E-state index in [1.807, 2.05) is 13.8 Å². The average molecular weight is 307 g/mol. The Morgan fingerprint density at radius 1 is 1.40 bits per heavy atom. The van der Waals surface area contributed by atoms with Gasteiger partial charge in [0.1, 0.15) is 11.1 Å². The highest BCUT2D eigenvalue weighted by molar-refractivity contribution is 7.80. The number of fused-ring (bicyclic) bond motifs is 1. The van der Waals surface area contributed by atoms with Gasteiger partial charge in [0.25, 0.3) is 0 Å². The van der Waals surface area contributed by atoms with Gasteiger partial charge in [-0.3, -0.25) is 4.79 Å². The lowest BCUT2D eigenvalue weighted by atomic mass is 9.96. The second-order valence-electron chi connectivity index (χ2n) is 5.12. The van der Waals surface area contributed by atoms with Crippen molar-refractivity contribution in [2.75, 3.05) is 5.32 Å². The second kappa shape index (κ2) is 6.33. The third-order valence-corrected chi connectivity index (χ3v) is 4.68. The zero-order valence-corrected chi connectivity index (χ0v) is 13.2. The molecule has 2 rings (SSSR count). The Hall–Kier alpha value is -1.45. The molecule has 106 valence electrons. The van der Waals surface area contributed by atoms with Gasteiger partial charge in [-0.25, -0.2) is 0 Å². The molecule has 1 aromatic rings. The summed E-state index contributed by atoms with van der Waals surface area (Å²) < 4.78 is 0. The fourth-order valence-electron chi connectivity index (χ4n) is 2.16. The summed E-state index contributed by atoms with van der Waals surface area (Å²) >= 11 is 6.71. The van der Waals surface area contributed by atoms with Crippen LogP contribution in [-0.2, 0) is 17.6 Å². The number of aryl methyl sites for hydroxylation is 1. The van der Waals surface area contributed by atoms with Crippen LogP contribution >= 0.6 is 23.6 Å². The Morgan fingerprint density at radius 2 is 2.10 bits per heavy atom. The van der Waals surface area contributed by atoms with Crippen LogP contribution in [0.15, 0.2) is 0 Å². The number of nitriles is 1. The highest BCUT2D eigenvalue weighted by Gasteiger charge is 2.21. The first-order valence-electron chi connectivity index (χ1n) is 6.69. The number of hydrogen-bond acceptors (Lipinski definition) is 4.